The van der Waals surface area contributed by atoms with E-state index in [0.29, 0.717) is 17.8 Å². The van der Waals surface area contributed by atoms with Crippen LogP contribution in [0.3, 0.4) is 0 Å². The lowest BCUT2D eigenvalue weighted by atomic mass is 10.1. The van der Waals surface area contributed by atoms with E-state index in [0.717, 1.165) is 11.1 Å². The van der Waals surface area contributed by atoms with Crippen LogP contribution in [-0.2, 0) is 17.8 Å². The molecule has 136 valence electrons. The monoisotopic (exact) mass is 361 g/mol. The molecule has 3 aromatic rings. The van der Waals surface area contributed by atoms with Gasteiger partial charge in [0.2, 0.25) is 5.91 Å². The van der Waals surface area contributed by atoms with Crippen molar-refractivity contribution < 1.29 is 14.7 Å². The van der Waals surface area contributed by atoms with Crippen LogP contribution in [0, 0.1) is 0 Å². The quantitative estimate of drug-likeness (QED) is 0.630. The second-order valence-electron chi connectivity index (χ2n) is 6.01. The summed E-state index contributed by atoms with van der Waals surface area (Å²) >= 11 is 0. The zero-order valence-electron chi connectivity index (χ0n) is 14.6. The van der Waals surface area contributed by atoms with Gasteiger partial charge in [0.1, 0.15) is 5.75 Å². The largest absolute Gasteiger partial charge is 0.508 e. The molecule has 2 amide bonds. The number of phenols is 1. The zero-order chi connectivity index (χ0) is 19.1. The van der Waals surface area contributed by atoms with Crippen molar-refractivity contribution in [1.82, 2.24) is 10.3 Å². The maximum absolute atomic E-state index is 12.1. The molecule has 0 atom stereocenters. The first-order chi connectivity index (χ1) is 13.1. The Morgan fingerprint density at radius 2 is 1.48 bits per heavy atom. The van der Waals surface area contributed by atoms with Crippen LogP contribution in [-0.4, -0.2) is 21.9 Å². The van der Waals surface area contributed by atoms with Crippen LogP contribution < -0.4 is 10.6 Å². The van der Waals surface area contributed by atoms with Crippen molar-refractivity contribution >= 4 is 17.5 Å². The molecule has 27 heavy (non-hydrogen) atoms. The smallest absolute Gasteiger partial charge is 0.255 e. The molecule has 0 aliphatic rings. The maximum atomic E-state index is 12.1. The average molecular weight is 361 g/mol. The molecule has 0 bridgehead atoms. The van der Waals surface area contributed by atoms with E-state index in [1.807, 2.05) is 12.1 Å². The summed E-state index contributed by atoms with van der Waals surface area (Å²) in [5.74, 6) is -0.127. The molecule has 6 heteroatoms. The number of nitrogens with zero attached hydrogens (tertiary/aromatic N) is 1. The first-order valence-electron chi connectivity index (χ1n) is 8.45. The second-order valence-corrected chi connectivity index (χ2v) is 6.01. The number of aromatic nitrogens is 1. The topological polar surface area (TPSA) is 91.3 Å². The fraction of sp³-hybridized carbons (Fsp3) is 0.0952. The van der Waals surface area contributed by atoms with Crippen molar-refractivity contribution in [3.63, 3.8) is 0 Å². The molecule has 0 spiro atoms. The minimum absolute atomic E-state index is 0.101. The van der Waals surface area contributed by atoms with Gasteiger partial charge < -0.3 is 15.7 Å². The lowest BCUT2D eigenvalue weighted by Crippen LogP contribution is -2.24. The minimum Gasteiger partial charge on any atom is -0.508 e. The van der Waals surface area contributed by atoms with Gasteiger partial charge in [-0.15, -0.1) is 0 Å². The van der Waals surface area contributed by atoms with Gasteiger partial charge in [-0.05, 0) is 47.5 Å². The molecule has 6 nitrogen and oxygen atoms in total. The van der Waals surface area contributed by atoms with E-state index in [-0.39, 0.29) is 24.0 Å². The molecule has 3 N–H and O–H groups in total. The molecule has 0 aliphatic heterocycles. The zero-order valence-corrected chi connectivity index (χ0v) is 14.6. The molecule has 1 aromatic heterocycles. The highest BCUT2D eigenvalue weighted by Crippen LogP contribution is 2.12. The third kappa shape index (κ3) is 5.40. The Balaban J connectivity index is 1.49. The summed E-state index contributed by atoms with van der Waals surface area (Å²) in [5.41, 5.74) is 2.97. The van der Waals surface area contributed by atoms with Crippen molar-refractivity contribution in [2.24, 2.45) is 0 Å². The Kier molecular flexibility index (Phi) is 5.79. The number of aromatic hydroxyl groups is 1. The average Bonchev–Trinajstić information content (AvgIpc) is 2.70. The van der Waals surface area contributed by atoms with Crippen LogP contribution >= 0.6 is 0 Å². The van der Waals surface area contributed by atoms with Gasteiger partial charge in [0.05, 0.1) is 6.42 Å². The van der Waals surface area contributed by atoms with E-state index in [1.54, 1.807) is 60.9 Å². The fourth-order valence-corrected chi connectivity index (χ4v) is 2.47. The number of hydrogen-bond donors (Lipinski definition) is 3. The number of carbonyl (C=O) groups excluding carboxylic acids is 2. The van der Waals surface area contributed by atoms with Crippen LogP contribution in [0.1, 0.15) is 21.5 Å². The molecule has 0 saturated carbocycles. The Labute approximate surface area is 156 Å². The SMILES string of the molecule is O=C(Cc1ccc(O)cc1)NCc1ccc(NC(=O)c2ccncc2)cc1. The van der Waals surface area contributed by atoms with Gasteiger partial charge >= 0.3 is 0 Å². The summed E-state index contributed by atoms with van der Waals surface area (Å²) in [7, 11) is 0. The molecule has 0 fully saturated rings. The second kappa shape index (κ2) is 8.62. The predicted molar refractivity (Wildman–Crippen MR) is 102 cm³/mol. The molecule has 0 radical (unpaired) electrons. The number of nitrogens with one attached hydrogen (secondary N) is 2. The molecule has 3 rings (SSSR count). The fourth-order valence-electron chi connectivity index (χ4n) is 2.47. The Morgan fingerprint density at radius 3 is 2.15 bits per heavy atom. The summed E-state index contributed by atoms with van der Waals surface area (Å²) in [6.45, 7) is 0.398. The lowest BCUT2D eigenvalue weighted by molar-refractivity contribution is -0.120. The first-order valence-corrected chi connectivity index (χ1v) is 8.45. The van der Waals surface area contributed by atoms with Crippen LogP contribution in [0.25, 0.3) is 0 Å². The van der Waals surface area contributed by atoms with Crippen molar-refractivity contribution in [1.29, 1.82) is 0 Å². The van der Waals surface area contributed by atoms with Crippen molar-refractivity contribution in [3.05, 3.63) is 89.7 Å². The number of hydrogen-bond acceptors (Lipinski definition) is 4. The summed E-state index contributed by atoms with van der Waals surface area (Å²) in [5, 5.41) is 14.9. The summed E-state index contributed by atoms with van der Waals surface area (Å²) in [4.78, 5) is 28.0. The van der Waals surface area contributed by atoms with Crippen LogP contribution in [0.4, 0.5) is 5.69 Å². The van der Waals surface area contributed by atoms with Crippen LogP contribution in [0.15, 0.2) is 73.1 Å². The van der Waals surface area contributed by atoms with Gasteiger partial charge in [0.15, 0.2) is 0 Å². The highest BCUT2D eigenvalue weighted by Gasteiger charge is 2.06. The van der Waals surface area contributed by atoms with Gasteiger partial charge in [-0.25, -0.2) is 0 Å². The number of anilines is 1. The minimum atomic E-state index is -0.202. The van der Waals surface area contributed by atoms with Gasteiger partial charge in [-0.1, -0.05) is 24.3 Å². The molecule has 0 aliphatic carbocycles. The van der Waals surface area contributed by atoms with E-state index >= 15 is 0 Å². The Bertz CT molecular complexity index is 908. The lowest BCUT2D eigenvalue weighted by Gasteiger charge is -2.08. The molecular weight excluding hydrogens is 342 g/mol. The number of carbonyl (C=O) groups is 2. The number of benzene rings is 2. The molecule has 2 aromatic carbocycles. The van der Waals surface area contributed by atoms with Crippen LogP contribution in [0.5, 0.6) is 5.75 Å². The maximum Gasteiger partial charge on any atom is 0.255 e. The summed E-state index contributed by atoms with van der Waals surface area (Å²) in [6, 6.07) is 17.1. The third-order valence-corrected chi connectivity index (χ3v) is 3.95. The number of phenolic OH excluding ortho intramolecular Hbond substituents is 1. The summed E-state index contributed by atoms with van der Waals surface area (Å²) in [6.07, 6.45) is 3.39. The number of rotatable bonds is 6. The van der Waals surface area contributed by atoms with Gasteiger partial charge in [-0.2, -0.15) is 0 Å². The van der Waals surface area contributed by atoms with Gasteiger partial charge in [-0.3, -0.25) is 14.6 Å². The Hall–Kier alpha value is -3.67. The van der Waals surface area contributed by atoms with Crippen molar-refractivity contribution in [2.75, 3.05) is 5.32 Å². The number of amides is 2. The van der Waals surface area contributed by atoms with E-state index in [9.17, 15) is 14.7 Å². The highest BCUT2D eigenvalue weighted by atomic mass is 16.3. The van der Waals surface area contributed by atoms with Crippen LogP contribution in [0.2, 0.25) is 0 Å². The Morgan fingerprint density at radius 1 is 0.852 bits per heavy atom. The normalized spacial score (nSPS) is 10.2. The molecule has 0 saturated heterocycles. The molecular formula is C21H19N3O3. The number of pyridine rings is 1. The third-order valence-electron chi connectivity index (χ3n) is 3.95. The first kappa shape index (κ1) is 18.1. The summed E-state index contributed by atoms with van der Waals surface area (Å²) < 4.78 is 0. The standard InChI is InChI=1S/C21H19N3O3/c25-19-7-3-15(4-8-19)13-20(26)23-14-16-1-5-18(6-2-16)24-21(27)17-9-11-22-12-10-17/h1-12,25H,13-14H2,(H,23,26)(H,24,27). The van der Waals surface area contributed by atoms with Crippen molar-refractivity contribution in [2.45, 2.75) is 13.0 Å². The van der Waals surface area contributed by atoms with E-state index < -0.39 is 0 Å². The van der Waals surface area contributed by atoms with E-state index in [1.165, 1.54) is 0 Å². The van der Waals surface area contributed by atoms with Crippen molar-refractivity contribution in [3.8, 4) is 5.75 Å². The van der Waals surface area contributed by atoms with Gasteiger partial charge in [0, 0.05) is 30.2 Å². The molecule has 1 heterocycles. The molecule has 0 unspecified atom stereocenters. The van der Waals surface area contributed by atoms with E-state index in [4.69, 9.17) is 0 Å². The van der Waals surface area contributed by atoms with E-state index in [2.05, 4.69) is 15.6 Å². The predicted octanol–water partition coefficient (Wildman–Crippen LogP) is 2.90. The van der Waals surface area contributed by atoms with Gasteiger partial charge in [0.25, 0.3) is 5.91 Å². The highest BCUT2D eigenvalue weighted by molar-refractivity contribution is 6.04.